The third-order valence-electron chi connectivity index (χ3n) is 4.01. The van der Waals surface area contributed by atoms with Gasteiger partial charge in [-0.3, -0.25) is 43.9 Å². The molecule has 156 valence electrons. The fourth-order valence-corrected chi connectivity index (χ4v) is 2.44. The molecule has 0 bridgehead atoms. The number of rotatable bonds is 8. The Bertz CT molecular complexity index is 689. The van der Waals surface area contributed by atoms with Crippen molar-refractivity contribution in [3.05, 3.63) is 37.0 Å². The van der Waals surface area contributed by atoms with Crippen molar-refractivity contribution < 1.29 is 28.8 Å². The standard InChI is InChI=1S/C14H17N3O4.C5H7NO2/c1-2-15(7-9-16-11(18)3-4-12(16)19)8-10-17-13(20)5-6-14(17)21;1-3-5(8)6-4(2)7/h3-6H,2,7-10H2,1H3;3H,1H2,2H3,(H,6,7,8). The van der Waals surface area contributed by atoms with Gasteiger partial charge in [0.25, 0.3) is 23.6 Å². The number of carbonyl (C=O) groups excluding carboxylic acids is 6. The summed E-state index contributed by atoms with van der Waals surface area (Å²) in [4.78, 5) is 70.3. The topological polar surface area (TPSA) is 124 Å². The zero-order valence-electron chi connectivity index (χ0n) is 16.4. The highest BCUT2D eigenvalue weighted by atomic mass is 16.2. The van der Waals surface area contributed by atoms with E-state index in [4.69, 9.17) is 0 Å². The molecular weight excluding hydrogens is 380 g/mol. The summed E-state index contributed by atoms with van der Waals surface area (Å²) in [6.07, 6.45) is 6.07. The summed E-state index contributed by atoms with van der Waals surface area (Å²) in [5, 5.41) is 2.00. The summed E-state index contributed by atoms with van der Waals surface area (Å²) < 4.78 is 0. The lowest BCUT2D eigenvalue weighted by atomic mass is 10.4. The van der Waals surface area contributed by atoms with Crippen LogP contribution in [0.15, 0.2) is 37.0 Å². The predicted molar refractivity (Wildman–Crippen MR) is 103 cm³/mol. The summed E-state index contributed by atoms with van der Waals surface area (Å²) in [6.45, 7) is 8.69. The highest BCUT2D eigenvalue weighted by Gasteiger charge is 2.25. The molecule has 0 aromatic rings. The van der Waals surface area contributed by atoms with Gasteiger partial charge in [0, 0.05) is 57.4 Å². The Morgan fingerprint density at radius 2 is 1.31 bits per heavy atom. The number of amides is 6. The third-order valence-corrected chi connectivity index (χ3v) is 4.01. The molecule has 29 heavy (non-hydrogen) atoms. The first-order valence-corrected chi connectivity index (χ1v) is 8.93. The molecule has 0 fully saturated rings. The first-order valence-electron chi connectivity index (χ1n) is 8.93. The van der Waals surface area contributed by atoms with E-state index in [0.717, 1.165) is 6.08 Å². The Labute approximate surface area is 168 Å². The van der Waals surface area contributed by atoms with Gasteiger partial charge in [0.05, 0.1) is 0 Å². The molecule has 2 aliphatic rings. The van der Waals surface area contributed by atoms with Gasteiger partial charge >= 0.3 is 0 Å². The van der Waals surface area contributed by atoms with Gasteiger partial charge in [-0.25, -0.2) is 0 Å². The molecular formula is C19H24N4O6. The maximum absolute atomic E-state index is 11.4. The summed E-state index contributed by atoms with van der Waals surface area (Å²) in [5.41, 5.74) is 0. The second-order valence-corrected chi connectivity index (χ2v) is 6.01. The highest BCUT2D eigenvalue weighted by Crippen LogP contribution is 2.05. The number of hydrogen-bond donors (Lipinski definition) is 1. The van der Waals surface area contributed by atoms with Crippen molar-refractivity contribution in [2.24, 2.45) is 0 Å². The normalized spacial score (nSPS) is 15.1. The molecule has 0 atom stereocenters. The third kappa shape index (κ3) is 7.62. The van der Waals surface area contributed by atoms with E-state index in [1.165, 1.54) is 41.0 Å². The number of hydrogen-bond acceptors (Lipinski definition) is 7. The van der Waals surface area contributed by atoms with Crippen molar-refractivity contribution >= 4 is 35.4 Å². The molecule has 0 saturated carbocycles. The number of nitrogens with one attached hydrogen (secondary N) is 1. The van der Waals surface area contributed by atoms with E-state index in [9.17, 15) is 28.8 Å². The van der Waals surface area contributed by atoms with Crippen molar-refractivity contribution in [2.45, 2.75) is 13.8 Å². The second-order valence-electron chi connectivity index (χ2n) is 6.01. The van der Waals surface area contributed by atoms with Crippen molar-refractivity contribution in [1.82, 2.24) is 20.0 Å². The molecule has 10 nitrogen and oxygen atoms in total. The first-order chi connectivity index (χ1) is 13.7. The van der Waals surface area contributed by atoms with Crippen LogP contribution in [0.3, 0.4) is 0 Å². The molecule has 0 aromatic heterocycles. The monoisotopic (exact) mass is 404 g/mol. The van der Waals surface area contributed by atoms with Gasteiger partial charge in [-0.05, 0) is 12.6 Å². The van der Waals surface area contributed by atoms with Crippen molar-refractivity contribution in [2.75, 3.05) is 32.7 Å². The SMILES string of the molecule is C=CC(=O)NC(C)=O.CCN(CCN1C(=O)C=CC1=O)CCN1C(=O)C=CC1=O. The van der Waals surface area contributed by atoms with Crippen LogP contribution in [0.25, 0.3) is 0 Å². The predicted octanol–water partition coefficient (Wildman–Crippen LogP) is -1.01. The Hall–Kier alpha value is -3.40. The molecule has 1 N–H and O–H groups in total. The fraction of sp³-hybridized carbons (Fsp3) is 0.368. The number of imide groups is 3. The zero-order valence-corrected chi connectivity index (χ0v) is 16.4. The molecule has 0 saturated heterocycles. The van der Waals surface area contributed by atoms with Gasteiger partial charge in [-0.15, -0.1) is 0 Å². The van der Waals surface area contributed by atoms with E-state index in [-0.39, 0.29) is 29.5 Å². The van der Waals surface area contributed by atoms with Gasteiger partial charge in [-0.1, -0.05) is 13.5 Å². The summed E-state index contributed by atoms with van der Waals surface area (Å²) >= 11 is 0. The molecule has 6 amide bonds. The lowest BCUT2D eigenvalue weighted by Crippen LogP contribution is -2.42. The summed E-state index contributed by atoms with van der Waals surface area (Å²) in [6, 6.07) is 0. The largest absolute Gasteiger partial charge is 0.300 e. The second kappa shape index (κ2) is 11.4. The Morgan fingerprint density at radius 3 is 1.55 bits per heavy atom. The minimum atomic E-state index is -0.461. The minimum Gasteiger partial charge on any atom is -0.300 e. The van der Waals surface area contributed by atoms with Gasteiger partial charge in [0.1, 0.15) is 0 Å². The van der Waals surface area contributed by atoms with E-state index in [2.05, 4.69) is 6.58 Å². The molecule has 0 spiro atoms. The zero-order chi connectivity index (χ0) is 22.0. The van der Waals surface area contributed by atoms with Gasteiger partial charge in [0.2, 0.25) is 11.8 Å². The number of likely N-dealkylation sites (N-methyl/N-ethyl adjacent to an activating group) is 1. The Kier molecular flexibility index (Phi) is 9.33. The first kappa shape index (κ1) is 23.6. The average Bonchev–Trinajstić information content (AvgIpc) is 3.17. The van der Waals surface area contributed by atoms with Crippen LogP contribution in [0.5, 0.6) is 0 Å². The molecule has 0 radical (unpaired) electrons. The molecule has 2 aliphatic heterocycles. The highest BCUT2D eigenvalue weighted by molar-refractivity contribution is 6.13. The average molecular weight is 404 g/mol. The Balaban J connectivity index is 0.000000447. The molecule has 0 unspecified atom stereocenters. The smallest absolute Gasteiger partial charge is 0.253 e. The fourth-order valence-electron chi connectivity index (χ4n) is 2.44. The quantitative estimate of drug-likeness (QED) is 0.406. The van der Waals surface area contributed by atoms with Crippen LogP contribution in [0.1, 0.15) is 13.8 Å². The molecule has 0 aliphatic carbocycles. The van der Waals surface area contributed by atoms with Gasteiger partial charge < -0.3 is 4.90 Å². The van der Waals surface area contributed by atoms with Crippen LogP contribution >= 0.6 is 0 Å². The summed E-state index contributed by atoms with van der Waals surface area (Å²) in [5.74, 6) is -2.03. The van der Waals surface area contributed by atoms with E-state index in [1.807, 2.05) is 17.1 Å². The van der Waals surface area contributed by atoms with Crippen molar-refractivity contribution in [3.63, 3.8) is 0 Å². The van der Waals surface area contributed by atoms with Gasteiger partial charge in [0.15, 0.2) is 0 Å². The maximum Gasteiger partial charge on any atom is 0.253 e. The van der Waals surface area contributed by atoms with Gasteiger partial charge in [-0.2, -0.15) is 0 Å². The van der Waals surface area contributed by atoms with E-state index >= 15 is 0 Å². The van der Waals surface area contributed by atoms with Crippen molar-refractivity contribution in [3.8, 4) is 0 Å². The number of nitrogens with zero attached hydrogens (tertiary/aromatic N) is 3. The van der Waals surface area contributed by atoms with Crippen LogP contribution in [-0.2, 0) is 28.8 Å². The number of carbonyl (C=O) groups is 6. The minimum absolute atomic E-state index is 0.301. The molecule has 0 aromatic carbocycles. The van der Waals surface area contributed by atoms with Crippen LogP contribution in [0, 0.1) is 0 Å². The van der Waals surface area contributed by atoms with Crippen LogP contribution in [-0.4, -0.2) is 82.9 Å². The molecule has 2 rings (SSSR count). The van der Waals surface area contributed by atoms with Crippen LogP contribution in [0.2, 0.25) is 0 Å². The van der Waals surface area contributed by atoms with Crippen LogP contribution < -0.4 is 5.32 Å². The summed E-state index contributed by atoms with van der Waals surface area (Å²) in [7, 11) is 0. The van der Waals surface area contributed by atoms with E-state index in [1.54, 1.807) is 0 Å². The van der Waals surface area contributed by atoms with Crippen molar-refractivity contribution in [1.29, 1.82) is 0 Å². The lowest BCUT2D eigenvalue weighted by Gasteiger charge is -2.25. The van der Waals surface area contributed by atoms with Crippen LogP contribution in [0.4, 0.5) is 0 Å². The maximum atomic E-state index is 11.4. The molecule has 2 heterocycles. The van der Waals surface area contributed by atoms with E-state index < -0.39 is 5.91 Å². The Morgan fingerprint density at radius 1 is 0.931 bits per heavy atom. The van der Waals surface area contributed by atoms with E-state index in [0.29, 0.717) is 32.7 Å². The lowest BCUT2D eigenvalue weighted by molar-refractivity contribution is -0.137. The molecule has 10 heteroatoms.